The lowest BCUT2D eigenvalue weighted by atomic mass is 10.0. The number of Topliss-reactive ketones (excluding diaryl/α,β-unsaturated/α-hetero) is 1. The average Bonchev–Trinajstić information content (AvgIpc) is 3.18. The molecule has 2 aromatic rings. The minimum Gasteiger partial charge on any atom is -0.335 e. The van der Waals surface area contributed by atoms with Crippen molar-refractivity contribution in [2.75, 3.05) is 12.4 Å². The SMILES string of the molecule is Cc1ccc(C(=O)C2=NNCC2S(=O)(=O)Cc2n[nH]c(=S)n2N)cc1. The monoisotopic (exact) mass is 380 g/mol. The number of nitrogens with two attached hydrogens (primary N) is 1. The number of nitrogen functional groups attached to an aromatic ring is 1. The molecule has 132 valence electrons. The fourth-order valence-corrected chi connectivity index (χ4v) is 4.19. The van der Waals surface area contributed by atoms with E-state index in [4.69, 9.17) is 18.1 Å². The van der Waals surface area contributed by atoms with Gasteiger partial charge in [0.25, 0.3) is 0 Å². The van der Waals surface area contributed by atoms with E-state index >= 15 is 0 Å². The zero-order valence-corrected chi connectivity index (χ0v) is 14.9. The molecule has 0 saturated carbocycles. The van der Waals surface area contributed by atoms with Gasteiger partial charge in [-0.25, -0.2) is 13.1 Å². The highest BCUT2D eigenvalue weighted by Crippen LogP contribution is 2.17. The maximum absolute atomic E-state index is 12.7. The number of carbonyl (C=O) groups excluding carboxylic acids is 1. The molecule has 0 radical (unpaired) electrons. The van der Waals surface area contributed by atoms with Gasteiger partial charge < -0.3 is 11.3 Å². The van der Waals surface area contributed by atoms with Crippen LogP contribution in [-0.4, -0.2) is 46.6 Å². The van der Waals surface area contributed by atoms with Gasteiger partial charge >= 0.3 is 0 Å². The lowest BCUT2D eigenvalue weighted by Crippen LogP contribution is -2.37. The standard InChI is InChI=1S/C14H16N6O3S2/c1-8-2-4-9(5-3-8)13(21)12-10(6-16-18-12)25(22,23)7-11-17-19-14(24)20(11)15/h2-5,10,16H,6-7,15H2,1H3,(H,19,24). The average molecular weight is 380 g/mol. The van der Waals surface area contributed by atoms with E-state index in [-0.39, 0.29) is 22.9 Å². The van der Waals surface area contributed by atoms with E-state index in [1.807, 2.05) is 6.92 Å². The van der Waals surface area contributed by atoms with Gasteiger partial charge in [-0.05, 0) is 19.1 Å². The fraction of sp³-hybridized carbons (Fsp3) is 0.286. The summed E-state index contributed by atoms with van der Waals surface area (Å²) in [7, 11) is -3.78. The molecule has 2 heterocycles. The van der Waals surface area contributed by atoms with E-state index in [9.17, 15) is 13.2 Å². The molecule has 3 rings (SSSR count). The van der Waals surface area contributed by atoms with Gasteiger partial charge in [-0.1, -0.05) is 29.8 Å². The highest BCUT2D eigenvalue weighted by Gasteiger charge is 2.38. The topological polar surface area (TPSA) is 135 Å². The van der Waals surface area contributed by atoms with E-state index in [0.29, 0.717) is 5.56 Å². The molecule has 1 aliphatic heterocycles. The van der Waals surface area contributed by atoms with Crippen LogP contribution in [-0.2, 0) is 15.6 Å². The normalized spacial score (nSPS) is 17.2. The summed E-state index contributed by atoms with van der Waals surface area (Å²) < 4.78 is 26.6. The number of aromatic nitrogens is 3. The molecule has 1 aromatic heterocycles. The Balaban J connectivity index is 1.87. The summed E-state index contributed by atoms with van der Waals surface area (Å²) in [5.74, 6) is 4.84. The number of sulfone groups is 1. The zero-order valence-electron chi connectivity index (χ0n) is 13.3. The van der Waals surface area contributed by atoms with Gasteiger partial charge in [-0.3, -0.25) is 9.89 Å². The summed E-state index contributed by atoms with van der Waals surface area (Å²) in [6.45, 7) is 1.92. The number of ketones is 1. The Morgan fingerprint density at radius 3 is 2.68 bits per heavy atom. The number of hydrogen-bond acceptors (Lipinski definition) is 8. The summed E-state index contributed by atoms with van der Waals surface area (Å²) in [5.41, 5.74) is 3.94. The third kappa shape index (κ3) is 3.33. The first-order valence-corrected chi connectivity index (χ1v) is 9.46. The predicted octanol–water partition coefficient (Wildman–Crippen LogP) is 0.0884. The summed E-state index contributed by atoms with van der Waals surface area (Å²) in [5, 5.41) is 9.06. The van der Waals surface area contributed by atoms with Crippen molar-refractivity contribution in [2.24, 2.45) is 5.10 Å². The molecular formula is C14H16N6O3S2. The van der Waals surface area contributed by atoms with Crippen LogP contribution in [0.3, 0.4) is 0 Å². The molecule has 1 atom stereocenters. The van der Waals surface area contributed by atoms with Crippen molar-refractivity contribution in [3.05, 3.63) is 46.0 Å². The van der Waals surface area contributed by atoms with Gasteiger partial charge in [-0.15, -0.1) is 0 Å². The highest BCUT2D eigenvalue weighted by molar-refractivity contribution is 7.92. The molecule has 1 unspecified atom stereocenters. The van der Waals surface area contributed by atoms with E-state index < -0.39 is 26.6 Å². The quantitative estimate of drug-likeness (QED) is 0.380. The van der Waals surface area contributed by atoms with Crippen LogP contribution >= 0.6 is 12.2 Å². The smallest absolute Gasteiger partial charge is 0.214 e. The van der Waals surface area contributed by atoms with E-state index in [1.54, 1.807) is 24.3 Å². The second-order valence-electron chi connectivity index (χ2n) is 5.67. The second-order valence-corrected chi connectivity index (χ2v) is 8.24. The summed E-state index contributed by atoms with van der Waals surface area (Å²) >= 11 is 4.87. The van der Waals surface area contributed by atoms with Gasteiger partial charge in [0.1, 0.15) is 16.7 Å². The number of carbonyl (C=O) groups is 1. The van der Waals surface area contributed by atoms with Crippen molar-refractivity contribution >= 4 is 33.6 Å². The van der Waals surface area contributed by atoms with Crippen molar-refractivity contribution < 1.29 is 13.2 Å². The molecule has 0 fully saturated rings. The Morgan fingerprint density at radius 1 is 1.40 bits per heavy atom. The Morgan fingerprint density at radius 2 is 2.08 bits per heavy atom. The van der Waals surface area contributed by atoms with Crippen LogP contribution in [0.2, 0.25) is 0 Å². The Kier molecular flexibility index (Phi) is 4.43. The molecule has 0 bridgehead atoms. The van der Waals surface area contributed by atoms with Crippen molar-refractivity contribution in [3.63, 3.8) is 0 Å². The van der Waals surface area contributed by atoms with Gasteiger partial charge in [0.15, 0.2) is 15.7 Å². The number of nitrogens with one attached hydrogen (secondary N) is 2. The maximum Gasteiger partial charge on any atom is 0.214 e. The lowest BCUT2D eigenvalue weighted by molar-refractivity contribution is 0.106. The van der Waals surface area contributed by atoms with Crippen LogP contribution in [0.1, 0.15) is 21.7 Å². The predicted molar refractivity (Wildman–Crippen MR) is 94.9 cm³/mol. The van der Waals surface area contributed by atoms with Crippen molar-refractivity contribution in [1.29, 1.82) is 0 Å². The molecule has 11 heteroatoms. The van der Waals surface area contributed by atoms with Crippen molar-refractivity contribution in [3.8, 4) is 0 Å². The fourth-order valence-electron chi connectivity index (χ4n) is 2.45. The van der Waals surface area contributed by atoms with E-state index in [1.165, 1.54) is 0 Å². The molecule has 0 amide bonds. The molecular weight excluding hydrogens is 364 g/mol. The Hall–Kier alpha value is -2.53. The highest BCUT2D eigenvalue weighted by atomic mass is 32.2. The Labute approximate surface area is 148 Å². The minimum absolute atomic E-state index is 0.0188. The number of benzene rings is 1. The number of aromatic amines is 1. The number of hydrogen-bond donors (Lipinski definition) is 3. The number of aryl methyl sites for hydroxylation is 1. The molecule has 4 N–H and O–H groups in total. The second kappa shape index (κ2) is 6.41. The minimum atomic E-state index is -3.78. The molecule has 1 aliphatic rings. The summed E-state index contributed by atoms with van der Waals surface area (Å²) in [4.78, 5) is 12.6. The Bertz CT molecular complexity index is 1000. The van der Waals surface area contributed by atoms with Crippen LogP contribution in [0.5, 0.6) is 0 Å². The molecule has 25 heavy (non-hydrogen) atoms. The number of nitrogens with zero attached hydrogens (tertiary/aromatic N) is 3. The van der Waals surface area contributed by atoms with Crippen molar-refractivity contribution in [1.82, 2.24) is 20.3 Å². The summed E-state index contributed by atoms with van der Waals surface area (Å²) in [6, 6.07) is 6.86. The van der Waals surface area contributed by atoms with Crippen LogP contribution in [0.15, 0.2) is 29.4 Å². The van der Waals surface area contributed by atoms with Crippen LogP contribution in [0, 0.1) is 11.7 Å². The van der Waals surface area contributed by atoms with Crippen molar-refractivity contribution in [2.45, 2.75) is 17.9 Å². The van der Waals surface area contributed by atoms with Gasteiger partial charge in [-0.2, -0.15) is 10.2 Å². The van der Waals surface area contributed by atoms with Crippen LogP contribution in [0.4, 0.5) is 0 Å². The summed E-state index contributed by atoms with van der Waals surface area (Å²) in [6.07, 6.45) is 0. The van der Waals surface area contributed by atoms with E-state index in [2.05, 4.69) is 20.7 Å². The first-order chi connectivity index (χ1) is 11.8. The molecule has 0 saturated heterocycles. The van der Waals surface area contributed by atoms with Gasteiger partial charge in [0.05, 0.1) is 6.54 Å². The number of hydrazone groups is 1. The third-order valence-electron chi connectivity index (χ3n) is 3.87. The van der Waals surface area contributed by atoms with Crippen LogP contribution in [0.25, 0.3) is 0 Å². The van der Waals surface area contributed by atoms with E-state index in [0.717, 1.165) is 10.2 Å². The molecule has 0 aliphatic carbocycles. The van der Waals surface area contributed by atoms with Crippen LogP contribution < -0.4 is 11.3 Å². The molecule has 1 aromatic carbocycles. The first-order valence-electron chi connectivity index (χ1n) is 7.34. The largest absolute Gasteiger partial charge is 0.335 e. The third-order valence-corrected chi connectivity index (χ3v) is 6.07. The lowest BCUT2D eigenvalue weighted by Gasteiger charge is -2.12. The number of H-pyrrole nitrogens is 1. The van der Waals surface area contributed by atoms with Gasteiger partial charge in [0, 0.05) is 5.56 Å². The maximum atomic E-state index is 12.7. The first kappa shape index (κ1) is 17.3. The van der Waals surface area contributed by atoms with Gasteiger partial charge in [0.2, 0.25) is 10.6 Å². The molecule has 9 nitrogen and oxygen atoms in total. The zero-order chi connectivity index (χ0) is 18.2. The molecule has 0 spiro atoms. The number of rotatable bonds is 5.